The van der Waals surface area contributed by atoms with E-state index in [0.717, 1.165) is 45.3 Å². The summed E-state index contributed by atoms with van der Waals surface area (Å²) >= 11 is 0. The molecule has 0 aromatic rings. The van der Waals surface area contributed by atoms with Gasteiger partial charge in [-0.2, -0.15) is 0 Å². The van der Waals surface area contributed by atoms with E-state index in [-0.39, 0.29) is 12.0 Å². The van der Waals surface area contributed by atoms with Crippen molar-refractivity contribution in [1.29, 1.82) is 0 Å². The first-order chi connectivity index (χ1) is 8.95. The first kappa shape index (κ1) is 16.4. The highest BCUT2D eigenvalue weighted by atomic mass is 16.2. The smallest absolute Gasteiger partial charge is 0.225 e. The topological polar surface area (TPSA) is 49.6 Å². The summed E-state index contributed by atoms with van der Waals surface area (Å²) < 4.78 is 0. The summed E-state index contributed by atoms with van der Waals surface area (Å²) in [5.41, 5.74) is 6.11. The molecule has 0 aromatic carbocycles. The number of amides is 1. The summed E-state index contributed by atoms with van der Waals surface area (Å²) in [6.07, 6.45) is 4.01. The monoisotopic (exact) mass is 269 g/mol. The summed E-state index contributed by atoms with van der Waals surface area (Å²) in [6.45, 7) is 6.98. The lowest BCUT2D eigenvalue weighted by molar-refractivity contribution is -0.137. The highest BCUT2D eigenvalue weighted by Gasteiger charge is 2.31. The Bertz CT molecular complexity index is 281. The van der Waals surface area contributed by atoms with Crippen LogP contribution in [0.5, 0.6) is 0 Å². The normalized spacial score (nSPS) is 27.6. The first-order valence-electron chi connectivity index (χ1n) is 7.64. The van der Waals surface area contributed by atoms with Crippen molar-refractivity contribution in [2.24, 2.45) is 17.6 Å². The molecule has 19 heavy (non-hydrogen) atoms. The molecule has 0 aliphatic heterocycles. The number of nitrogens with zero attached hydrogens (tertiary/aromatic N) is 2. The quantitative estimate of drug-likeness (QED) is 0.796. The van der Waals surface area contributed by atoms with Crippen molar-refractivity contribution in [3.63, 3.8) is 0 Å². The average molecular weight is 269 g/mol. The maximum Gasteiger partial charge on any atom is 0.225 e. The van der Waals surface area contributed by atoms with E-state index in [1.165, 1.54) is 0 Å². The van der Waals surface area contributed by atoms with Crippen molar-refractivity contribution < 1.29 is 4.79 Å². The van der Waals surface area contributed by atoms with Gasteiger partial charge < -0.3 is 15.5 Å². The van der Waals surface area contributed by atoms with Gasteiger partial charge in [-0.3, -0.25) is 4.79 Å². The number of rotatable bonds is 6. The van der Waals surface area contributed by atoms with Gasteiger partial charge in [0.2, 0.25) is 5.91 Å². The van der Waals surface area contributed by atoms with Gasteiger partial charge in [0.25, 0.3) is 0 Å². The van der Waals surface area contributed by atoms with Crippen molar-refractivity contribution in [2.75, 3.05) is 33.7 Å². The van der Waals surface area contributed by atoms with E-state index in [9.17, 15) is 4.79 Å². The number of hydrogen-bond donors (Lipinski definition) is 1. The van der Waals surface area contributed by atoms with E-state index >= 15 is 0 Å². The zero-order valence-corrected chi connectivity index (χ0v) is 13.1. The molecule has 3 unspecified atom stereocenters. The Morgan fingerprint density at radius 1 is 1.26 bits per heavy atom. The average Bonchev–Trinajstić information content (AvgIpc) is 2.37. The van der Waals surface area contributed by atoms with Crippen LogP contribution < -0.4 is 5.73 Å². The Morgan fingerprint density at radius 2 is 1.95 bits per heavy atom. The third-order valence-corrected chi connectivity index (χ3v) is 4.33. The minimum atomic E-state index is 0.158. The minimum absolute atomic E-state index is 0.158. The fourth-order valence-corrected chi connectivity index (χ4v) is 2.84. The van der Waals surface area contributed by atoms with Crippen molar-refractivity contribution in [2.45, 2.75) is 45.6 Å². The highest BCUT2D eigenvalue weighted by Crippen LogP contribution is 2.29. The molecule has 0 bridgehead atoms. The van der Waals surface area contributed by atoms with E-state index in [1.54, 1.807) is 0 Å². The van der Waals surface area contributed by atoms with Crippen LogP contribution in [0.15, 0.2) is 0 Å². The third-order valence-electron chi connectivity index (χ3n) is 4.33. The predicted octanol–water partition coefficient (Wildman–Crippen LogP) is 1.55. The lowest BCUT2D eigenvalue weighted by Crippen LogP contribution is -2.43. The summed E-state index contributed by atoms with van der Waals surface area (Å²) in [5.74, 6) is 1.04. The zero-order chi connectivity index (χ0) is 14.4. The van der Waals surface area contributed by atoms with Gasteiger partial charge >= 0.3 is 0 Å². The molecule has 1 rings (SSSR count). The largest absolute Gasteiger partial charge is 0.343 e. The second kappa shape index (κ2) is 7.85. The number of hydrogen-bond acceptors (Lipinski definition) is 3. The van der Waals surface area contributed by atoms with Crippen LogP contribution in [0.2, 0.25) is 0 Å². The molecule has 1 aliphatic carbocycles. The molecule has 4 heteroatoms. The molecular formula is C15H31N3O. The van der Waals surface area contributed by atoms with Crippen molar-refractivity contribution in [1.82, 2.24) is 9.80 Å². The number of carbonyl (C=O) groups is 1. The third kappa shape index (κ3) is 5.11. The van der Waals surface area contributed by atoms with Gasteiger partial charge in [-0.25, -0.2) is 0 Å². The molecule has 2 N–H and O–H groups in total. The van der Waals surface area contributed by atoms with Crippen LogP contribution in [-0.2, 0) is 4.79 Å². The number of carbonyl (C=O) groups excluding carboxylic acids is 1. The van der Waals surface area contributed by atoms with Crippen LogP contribution in [0, 0.1) is 11.8 Å². The van der Waals surface area contributed by atoms with Crippen LogP contribution in [0.25, 0.3) is 0 Å². The molecule has 4 nitrogen and oxygen atoms in total. The van der Waals surface area contributed by atoms with Crippen LogP contribution >= 0.6 is 0 Å². The Hall–Kier alpha value is -0.610. The molecule has 3 atom stereocenters. The standard InChI is InChI=1S/C15H31N3O/c1-5-18(10-6-9-17(3)4)15(19)13-8-7-12(2)14(16)11-13/h12-14H,5-11,16H2,1-4H3. The van der Waals surface area contributed by atoms with Gasteiger partial charge in [-0.1, -0.05) is 6.92 Å². The van der Waals surface area contributed by atoms with Crippen LogP contribution in [0.3, 0.4) is 0 Å². The molecule has 0 radical (unpaired) electrons. The van der Waals surface area contributed by atoms with Crippen molar-refractivity contribution in [3.05, 3.63) is 0 Å². The van der Waals surface area contributed by atoms with Crippen molar-refractivity contribution in [3.8, 4) is 0 Å². The molecule has 1 aliphatic rings. The van der Waals surface area contributed by atoms with Crippen LogP contribution in [0.4, 0.5) is 0 Å². The summed E-state index contributed by atoms with van der Waals surface area (Å²) in [5, 5.41) is 0. The fraction of sp³-hybridized carbons (Fsp3) is 0.933. The minimum Gasteiger partial charge on any atom is -0.343 e. The van der Waals surface area contributed by atoms with Gasteiger partial charge in [-0.15, -0.1) is 0 Å². The molecule has 0 spiro atoms. The highest BCUT2D eigenvalue weighted by molar-refractivity contribution is 5.79. The van der Waals surface area contributed by atoms with Gasteiger partial charge in [-0.05, 0) is 59.2 Å². The Morgan fingerprint density at radius 3 is 2.47 bits per heavy atom. The molecule has 0 saturated heterocycles. The Balaban J connectivity index is 2.44. The van der Waals surface area contributed by atoms with E-state index < -0.39 is 0 Å². The SMILES string of the molecule is CCN(CCCN(C)C)C(=O)C1CCC(C)C(N)C1. The molecule has 0 aromatic heterocycles. The lowest BCUT2D eigenvalue weighted by atomic mass is 9.79. The summed E-state index contributed by atoms with van der Waals surface area (Å²) in [4.78, 5) is 16.7. The number of nitrogens with two attached hydrogens (primary N) is 1. The summed E-state index contributed by atoms with van der Waals surface area (Å²) in [6, 6.07) is 0.197. The van der Waals surface area contributed by atoms with E-state index in [2.05, 4.69) is 32.8 Å². The Labute approximate surface area is 118 Å². The Kier molecular flexibility index (Phi) is 6.80. The summed E-state index contributed by atoms with van der Waals surface area (Å²) in [7, 11) is 4.14. The molecule has 1 amide bonds. The van der Waals surface area contributed by atoms with Gasteiger partial charge in [0, 0.05) is 25.0 Å². The molecule has 0 heterocycles. The van der Waals surface area contributed by atoms with E-state index in [4.69, 9.17) is 5.73 Å². The van der Waals surface area contributed by atoms with Gasteiger partial charge in [0.05, 0.1) is 0 Å². The van der Waals surface area contributed by atoms with Crippen LogP contribution in [0.1, 0.15) is 39.5 Å². The first-order valence-corrected chi connectivity index (χ1v) is 7.64. The van der Waals surface area contributed by atoms with Crippen LogP contribution in [-0.4, -0.2) is 55.5 Å². The van der Waals surface area contributed by atoms with E-state index in [1.807, 2.05) is 4.90 Å². The fourth-order valence-electron chi connectivity index (χ4n) is 2.84. The van der Waals surface area contributed by atoms with Gasteiger partial charge in [0.1, 0.15) is 0 Å². The maximum absolute atomic E-state index is 12.5. The zero-order valence-electron chi connectivity index (χ0n) is 13.1. The molecular weight excluding hydrogens is 238 g/mol. The molecule has 112 valence electrons. The molecule has 1 fully saturated rings. The second-order valence-corrected chi connectivity index (χ2v) is 6.23. The van der Waals surface area contributed by atoms with Gasteiger partial charge in [0.15, 0.2) is 0 Å². The van der Waals surface area contributed by atoms with Crippen molar-refractivity contribution >= 4 is 5.91 Å². The second-order valence-electron chi connectivity index (χ2n) is 6.23. The predicted molar refractivity (Wildman–Crippen MR) is 79.9 cm³/mol. The maximum atomic E-state index is 12.5. The molecule has 1 saturated carbocycles. The lowest BCUT2D eigenvalue weighted by Gasteiger charge is -2.34. The van der Waals surface area contributed by atoms with E-state index in [0.29, 0.717) is 11.8 Å².